The first kappa shape index (κ1) is 16.3. The molecule has 1 aromatic carbocycles. The summed E-state index contributed by atoms with van der Waals surface area (Å²) in [7, 11) is -1.26. The number of benzene rings is 1. The number of sulfonamides is 1. The molecule has 1 atom stereocenters. The minimum absolute atomic E-state index is 0.106. The van der Waals surface area contributed by atoms with Crippen LogP contribution in [0.15, 0.2) is 29.2 Å². The fourth-order valence-corrected chi connectivity index (χ4v) is 3.85. The van der Waals surface area contributed by atoms with Gasteiger partial charge in [-0.15, -0.1) is 0 Å². The Balaban J connectivity index is 1.96. The van der Waals surface area contributed by atoms with Gasteiger partial charge in [0.25, 0.3) is 0 Å². The van der Waals surface area contributed by atoms with E-state index in [1.54, 1.807) is 12.1 Å². The van der Waals surface area contributed by atoms with Crippen molar-refractivity contribution >= 4 is 15.7 Å². The van der Waals surface area contributed by atoms with E-state index in [9.17, 15) is 8.42 Å². The number of nitrogens with one attached hydrogen (secondary N) is 2. The second kappa shape index (κ2) is 6.77. The average Bonchev–Trinajstić information content (AvgIpc) is 2.81. The molecule has 0 aliphatic carbocycles. The molecule has 2 rings (SSSR count). The fraction of sp³-hybridized carbons (Fsp3) is 0.600. The van der Waals surface area contributed by atoms with Gasteiger partial charge in [-0.1, -0.05) is 0 Å². The molecule has 0 amide bonds. The zero-order chi connectivity index (χ0) is 15.5. The molecular weight excluding hydrogens is 286 g/mol. The maximum atomic E-state index is 12.0. The van der Waals surface area contributed by atoms with E-state index in [1.807, 2.05) is 26.0 Å². The molecule has 1 heterocycles. The Kier molecular flexibility index (Phi) is 5.24. The van der Waals surface area contributed by atoms with Crippen LogP contribution >= 0.6 is 0 Å². The van der Waals surface area contributed by atoms with Crippen LogP contribution in [0.1, 0.15) is 26.7 Å². The first-order valence-corrected chi connectivity index (χ1v) is 8.93. The van der Waals surface area contributed by atoms with Gasteiger partial charge < -0.3 is 10.2 Å². The molecule has 0 radical (unpaired) electrons. The number of likely N-dealkylation sites (N-methyl/N-ethyl adjacent to an activating group) is 1. The molecule has 1 aliphatic rings. The molecule has 1 aromatic rings. The van der Waals surface area contributed by atoms with Gasteiger partial charge in [-0.05, 0) is 64.5 Å². The Hall–Kier alpha value is -1.11. The Morgan fingerprint density at radius 3 is 2.48 bits per heavy atom. The molecule has 0 spiro atoms. The Morgan fingerprint density at radius 1 is 1.29 bits per heavy atom. The highest BCUT2D eigenvalue weighted by molar-refractivity contribution is 7.89. The van der Waals surface area contributed by atoms with Crippen molar-refractivity contribution in [1.82, 2.24) is 9.62 Å². The smallest absolute Gasteiger partial charge is 0.240 e. The summed E-state index contributed by atoms with van der Waals surface area (Å²) in [5.41, 5.74) is 0.957. The second-order valence-corrected chi connectivity index (χ2v) is 7.67. The highest BCUT2D eigenvalue weighted by Gasteiger charge is 2.20. The maximum absolute atomic E-state index is 12.0. The number of hydrogen-bond donors (Lipinski definition) is 2. The van der Waals surface area contributed by atoms with Crippen molar-refractivity contribution < 1.29 is 8.42 Å². The number of hydrogen-bond acceptors (Lipinski definition) is 4. The highest BCUT2D eigenvalue weighted by atomic mass is 32.2. The van der Waals surface area contributed by atoms with Crippen molar-refractivity contribution in [1.29, 1.82) is 0 Å². The van der Waals surface area contributed by atoms with E-state index < -0.39 is 10.0 Å². The first-order chi connectivity index (χ1) is 9.88. The maximum Gasteiger partial charge on any atom is 0.240 e. The Bertz CT molecular complexity index is 555. The third-order valence-corrected chi connectivity index (χ3v) is 5.44. The third kappa shape index (κ3) is 4.43. The van der Waals surface area contributed by atoms with Crippen LogP contribution in [-0.2, 0) is 10.0 Å². The van der Waals surface area contributed by atoms with Crippen molar-refractivity contribution in [2.45, 2.75) is 43.7 Å². The van der Waals surface area contributed by atoms with E-state index in [-0.39, 0.29) is 6.04 Å². The molecule has 118 valence electrons. The van der Waals surface area contributed by atoms with Crippen LogP contribution in [-0.4, -0.2) is 45.5 Å². The monoisotopic (exact) mass is 311 g/mol. The molecular formula is C15H25N3O2S. The number of anilines is 1. The molecule has 5 nitrogen and oxygen atoms in total. The van der Waals surface area contributed by atoms with Crippen molar-refractivity contribution in [2.24, 2.45) is 0 Å². The van der Waals surface area contributed by atoms with Gasteiger partial charge in [-0.2, -0.15) is 0 Å². The zero-order valence-electron chi connectivity index (χ0n) is 13.0. The Labute approximate surface area is 127 Å². The molecule has 0 aromatic heterocycles. The lowest BCUT2D eigenvalue weighted by atomic mass is 10.2. The lowest BCUT2D eigenvalue weighted by Crippen LogP contribution is -2.31. The van der Waals surface area contributed by atoms with Crippen LogP contribution in [0, 0.1) is 0 Å². The van der Waals surface area contributed by atoms with E-state index >= 15 is 0 Å². The molecule has 1 unspecified atom stereocenters. The minimum Gasteiger partial charge on any atom is -0.383 e. The summed E-state index contributed by atoms with van der Waals surface area (Å²) in [5.74, 6) is 0. The van der Waals surface area contributed by atoms with E-state index in [0.29, 0.717) is 10.9 Å². The van der Waals surface area contributed by atoms with E-state index in [2.05, 4.69) is 22.0 Å². The van der Waals surface area contributed by atoms with Crippen LogP contribution in [0.2, 0.25) is 0 Å². The SMILES string of the molecule is CC(C)NS(=O)(=O)c1ccc(NCC2CCCN2C)cc1. The second-order valence-electron chi connectivity index (χ2n) is 5.96. The topological polar surface area (TPSA) is 61.4 Å². The number of likely N-dealkylation sites (tertiary alicyclic amines) is 1. The van der Waals surface area contributed by atoms with Crippen molar-refractivity contribution in [3.05, 3.63) is 24.3 Å². The predicted molar refractivity (Wildman–Crippen MR) is 86.0 cm³/mol. The molecule has 1 fully saturated rings. The van der Waals surface area contributed by atoms with Gasteiger partial charge in [0.1, 0.15) is 0 Å². The lowest BCUT2D eigenvalue weighted by Gasteiger charge is -2.20. The molecule has 2 N–H and O–H groups in total. The molecule has 0 bridgehead atoms. The van der Waals surface area contributed by atoms with Crippen molar-refractivity contribution in [2.75, 3.05) is 25.5 Å². The van der Waals surface area contributed by atoms with Crippen LogP contribution in [0.25, 0.3) is 0 Å². The van der Waals surface area contributed by atoms with Crippen molar-refractivity contribution in [3.8, 4) is 0 Å². The van der Waals surface area contributed by atoms with E-state index in [1.165, 1.54) is 12.8 Å². The largest absolute Gasteiger partial charge is 0.383 e. The summed E-state index contributed by atoms with van der Waals surface area (Å²) < 4.78 is 26.6. The number of rotatable bonds is 6. The summed E-state index contributed by atoms with van der Waals surface area (Å²) in [6.45, 7) is 5.67. The summed E-state index contributed by atoms with van der Waals surface area (Å²) in [6, 6.07) is 7.39. The molecule has 1 saturated heterocycles. The summed E-state index contributed by atoms with van der Waals surface area (Å²) in [5, 5.41) is 3.38. The molecule has 0 saturated carbocycles. The van der Waals surface area contributed by atoms with E-state index in [4.69, 9.17) is 0 Å². The van der Waals surface area contributed by atoms with Crippen LogP contribution in [0.5, 0.6) is 0 Å². The molecule has 21 heavy (non-hydrogen) atoms. The van der Waals surface area contributed by atoms with Gasteiger partial charge in [-0.3, -0.25) is 0 Å². The third-order valence-electron chi connectivity index (χ3n) is 3.77. The standard InChI is InChI=1S/C15H25N3O2S/c1-12(2)17-21(19,20)15-8-6-13(7-9-15)16-11-14-5-4-10-18(14)3/h6-9,12,14,16-17H,4-5,10-11H2,1-3H3. The quantitative estimate of drug-likeness (QED) is 0.842. The molecule has 6 heteroatoms. The minimum atomic E-state index is -3.40. The van der Waals surface area contributed by atoms with Gasteiger partial charge in [-0.25, -0.2) is 13.1 Å². The van der Waals surface area contributed by atoms with Crippen LogP contribution in [0.4, 0.5) is 5.69 Å². The van der Waals surface area contributed by atoms with Gasteiger partial charge in [0, 0.05) is 24.3 Å². The number of nitrogens with zero attached hydrogens (tertiary/aromatic N) is 1. The lowest BCUT2D eigenvalue weighted by molar-refractivity contribution is 0.322. The highest BCUT2D eigenvalue weighted by Crippen LogP contribution is 2.17. The van der Waals surface area contributed by atoms with Gasteiger partial charge in [0.2, 0.25) is 10.0 Å². The van der Waals surface area contributed by atoms with Gasteiger partial charge in [0.15, 0.2) is 0 Å². The zero-order valence-corrected chi connectivity index (χ0v) is 13.8. The summed E-state index contributed by atoms with van der Waals surface area (Å²) in [6.07, 6.45) is 2.47. The first-order valence-electron chi connectivity index (χ1n) is 7.45. The average molecular weight is 311 g/mol. The normalized spacial score (nSPS) is 20.1. The molecule has 1 aliphatic heterocycles. The van der Waals surface area contributed by atoms with Crippen LogP contribution in [0.3, 0.4) is 0 Å². The van der Waals surface area contributed by atoms with Crippen molar-refractivity contribution in [3.63, 3.8) is 0 Å². The van der Waals surface area contributed by atoms with Crippen LogP contribution < -0.4 is 10.0 Å². The fourth-order valence-electron chi connectivity index (χ4n) is 2.60. The summed E-state index contributed by atoms with van der Waals surface area (Å²) >= 11 is 0. The summed E-state index contributed by atoms with van der Waals surface area (Å²) in [4.78, 5) is 2.66. The Morgan fingerprint density at radius 2 is 1.95 bits per heavy atom. The van der Waals surface area contributed by atoms with E-state index in [0.717, 1.165) is 18.8 Å². The van der Waals surface area contributed by atoms with Gasteiger partial charge >= 0.3 is 0 Å². The predicted octanol–water partition coefficient (Wildman–Crippen LogP) is 1.88. The van der Waals surface area contributed by atoms with Gasteiger partial charge in [0.05, 0.1) is 4.90 Å².